The quantitative estimate of drug-likeness (QED) is 0.558. The van der Waals surface area contributed by atoms with Crippen molar-refractivity contribution in [2.45, 2.75) is 25.7 Å². The van der Waals surface area contributed by atoms with Gasteiger partial charge in [-0.3, -0.25) is 5.41 Å². The zero-order chi connectivity index (χ0) is 12.5. The highest BCUT2D eigenvalue weighted by molar-refractivity contribution is 7.91. The first-order valence-electron chi connectivity index (χ1n) is 6.17. The second-order valence-electron chi connectivity index (χ2n) is 5.48. The predicted octanol–water partition coefficient (Wildman–Crippen LogP) is 0.213. The van der Waals surface area contributed by atoms with Gasteiger partial charge in [0.05, 0.1) is 17.3 Å². The molecule has 2 rings (SSSR count). The van der Waals surface area contributed by atoms with Gasteiger partial charge in [-0.15, -0.1) is 0 Å². The molecule has 0 aromatic carbocycles. The summed E-state index contributed by atoms with van der Waals surface area (Å²) in [7, 11) is -2.82. The van der Waals surface area contributed by atoms with Crippen LogP contribution >= 0.6 is 0 Å². The Labute approximate surface area is 103 Å². The summed E-state index contributed by atoms with van der Waals surface area (Å²) in [6.45, 7) is 2.41. The maximum Gasteiger partial charge on any atom is 0.151 e. The van der Waals surface area contributed by atoms with Crippen molar-refractivity contribution in [1.82, 2.24) is 4.90 Å². The van der Waals surface area contributed by atoms with Gasteiger partial charge < -0.3 is 10.6 Å². The fourth-order valence-corrected chi connectivity index (χ4v) is 3.90. The second-order valence-corrected chi connectivity index (χ2v) is 7.79. The van der Waals surface area contributed by atoms with E-state index < -0.39 is 9.84 Å². The number of hydrogen-bond donors (Lipinski definition) is 2. The minimum atomic E-state index is -2.82. The maximum absolute atomic E-state index is 11.5. The predicted molar refractivity (Wildman–Crippen MR) is 67.9 cm³/mol. The van der Waals surface area contributed by atoms with Crippen LogP contribution in [-0.4, -0.2) is 50.3 Å². The molecule has 2 fully saturated rings. The largest absolute Gasteiger partial charge is 0.388 e. The molecular weight excluding hydrogens is 238 g/mol. The Morgan fingerprint density at radius 3 is 2.59 bits per heavy atom. The Morgan fingerprint density at radius 1 is 1.29 bits per heavy atom. The Kier molecular flexibility index (Phi) is 3.45. The van der Waals surface area contributed by atoms with Gasteiger partial charge in [-0.05, 0) is 31.2 Å². The molecule has 1 saturated heterocycles. The van der Waals surface area contributed by atoms with Crippen LogP contribution in [0.4, 0.5) is 0 Å². The summed E-state index contributed by atoms with van der Waals surface area (Å²) in [5.74, 6) is 0.858. The monoisotopic (exact) mass is 259 g/mol. The number of nitrogens with zero attached hydrogens (tertiary/aromatic N) is 1. The first-order chi connectivity index (χ1) is 7.91. The van der Waals surface area contributed by atoms with Crippen LogP contribution in [-0.2, 0) is 9.84 Å². The Morgan fingerprint density at radius 2 is 2.00 bits per heavy atom. The SMILES string of the molecule is N=C(N)CC1(CN2CCCS(=O)(=O)CC2)CC1. The van der Waals surface area contributed by atoms with Crippen LogP contribution in [0.5, 0.6) is 0 Å². The molecule has 0 unspecified atom stereocenters. The number of rotatable bonds is 4. The third-order valence-electron chi connectivity index (χ3n) is 3.73. The van der Waals surface area contributed by atoms with Crippen molar-refractivity contribution >= 4 is 15.7 Å². The second kappa shape index (κ2) is 4.57. The summed E-state index contributed by atoms with van der Waals surface area (Å²) in [4.78, 5) is 2.24. The van der Waals surface area contributed by atoms with Crippen molar-refractivity contribution in [3.8, 4) is 0 Å². The molecular formula is C11H21N3O2S. The van der Waals surface area contributed by atoms with Crippen LogP contribution in [0.2, 0.25) is 0 Å². The molecule has 0 amide bonds. The van der Waals surface area contributed by atoms with Gasteiger partial charge in [-0.2, -0.15) is 0 Å². The van der Waals surface area contributed by atoms with Gasteiger partial charge in [0, 0.05) is 19.5 Å². The number of nitrogens with two attached hydrogens (primary N) is 1. The highest BCUT2D eigenvalue weighted by Gasteiger charge is 2.44. The van der Waals surface area contributed by atoms with Crippen molar-refractivity contribution in [3.63, 3.8) is 0 Å². The highest BCUT2D eigenvalue weighted by Crippen LogP contribution is 2.49. The first-order valence-corrected chi connectivity index (χ1v) is 7.99. The Balaban J connectivity index is 1.89. The molecule has 1 aliphatic carbocycles. The number of hydrogen-bond acceptors (Lipinski definition) is 4. The van der Waals surface area contributed by atoms with E-state index in [1.165, 1.54) is 0 Å². The lowest BCUT2D eigenvalue weighted by Crippen LogP contribution is -2.34. The van der Waals surface area contributed by atoms with Gasteiger partial charge >= 0.3 is 0 Å². The summed E-state index contributed by atoms with van der Waals surface area (Å²) in [6, 6.07) is 0. The molecule has 1 aliphatic heterocycles. The third-order valence-corrected chi connectivity index (χ3v) is 5.45. The Bertz CT molecular complexity index is 401. The summed E-state index contributed by atoms with van der Waals surface area (Å²) in [5.41, 5.74) is 5.65. The van der Waals surface area contributed by atoms with Gasteiger partial charge in [0.15, 0.2) is 9.84 Å². The molecule has 0 aromatic rings. The van der Waals surface area contributed by atoms with Crippen LogP contribution < -0.4 is 5.73 Å². The van der Waals surface area contributed by atoms with Crippen LogP contribution in [0.25, 0.3) is 0 Å². The van der Waals surface area contributed by atoms with Crippen LogP contribution in [0.15, 0.2) is 0 Å². The van der Waals surface area contributed by atoms with E-state index >= 15 is 0 Å². The number of sulfone groups is 1. The third kappa shape index (κ3) is 3.67. The van der Waals surface area contributed by atoms with Crippen molar-refractivity contribution in [2.24, 2.45) is 11.1 Å². The van der Waals surface area contributed by atoms with E-state index in [2.05, 4.69) is 4.90 Å². The van der Waals surface area contributed by atoms with Crippen LogP contribution in [0, 0.1) is 10.8 Å². The van der Waals surface area contributed by atoms with Gasteiger partial charge in [0.25, 0.3) is 0 Å². The molecule has 0 radical (unpaired) electrons. The van der Waals surface area contributed by atoms with E-state index in [-0.39, 0.29) is 17.0 Å². The molecule has 1 saturated carbocycles. The van der Waals surface area contributed by atoms with E-state index in [1.54, 1.807) is 0 Å². The van der Waals surface area contributed by atoms with E-state index in [4.69, 9.17) is 11.1 Å². The molecule has 1 heterocycles. The molecule has 0 aromatic heterocycles. The molecule has 6 heteroatoms. The lowest BCUT2D eigenvalue weighted by Gasteiger charge is -2.25. The topological polar surface area (TPSA) is 87.2 Å². The van der Waals surface area contributed by atoms with E-state index in [9.17, 15) is 8.42 Å². The standard InChI is InChI=1S/C11H21N3O2S/c12-10(13)8-11(2-3-11)9-14-4-1-6-17(15,16)7-5-14/h1-9H2,(H3,12,13). The zero-order valence-corrected chi connectivity index (χ0v) is 10.9. The van der Waals surface area contributed by atoms with Crippen LogP contribution in [0.1, 0.15) is 25.7 Å². The zero-order valence-electron chi connectivity index (χ0n) is 10.1. The normalized spacial score (nSPS) is 27.3. The van der Waals surface area contributed by atoms with Crippen molar-refractivity contribution in [3.05, 3.63) is 0 Å². The Hall–Kier alpha value is -0.620. The summed E-state index contributed by atoms with van der Waals surface area (Å²) >= 11 is 0. The smallest absolute Gasteiger partial charge is 0.151 e. The lowest BCUT2D eigenvalue weighted by molar-refractivity contribution is 0.237. The average Bonchev–Trinajstić information content (AvgIpc) is 2.94. The van der Waals surface area contributed by atoms with Gasteiger partial charge in [0.2, 0.25) is 0 Å². The highest BCUT2D eigenvalue weighted by atomic mass is 32.2. The minimum absolute atomic E-state index is 0.180. The van der Waals surface area contributed by atoms with Crippen molar-refractivity contribution < 1.29 is 8.42 Å². The molecule has 2 aliphatic rings. The number of nitrogens with one attached hydrogen (secondary N) is 1. The molecule has 5 nitrogen and oxygen atoms in total. The fraction of sp³-hybridized carbons (Fsp3) is 0.909. The van der Waals surface area contributed by atoms with Crippen LogP contribution in [0.3, 0.4) is 0 Å². The van der Waals surface area contributed by atoms with Gasteiger partial charge in [-0.1, -0.05) is 0 Å². The summed E-state index contributed by atoms with van der Waals surface area (Å²) in [6.07, 6.45) is 3.64. The number of amidine groups is 1. The molecule has 0 bridgehead atoms. The van der Waals surface area contributed by atoms with E-state index in [0.717, 1.165) is 32.4 Å². The molecule has 0 spiro atoms. The average molecular weight is 259 g/mol. The van der Waals surface area contributed by atoms with Gasteiger partial charge in [-0.25, -0.2) is 8.42 Å². The maximum atomic E-state index is 11.5. The molecule has 98 valence electrons. The molecule has 3 N–H and O–H groups in total. The van der Waals surface area contributed by atoms with Crippen molar-refractivity contribution in [2.75, 3.05) is 31.1 Å². The summed E-state index contributed by atoms with van der Waals surface area (Å²) < 4.78 is 23.0. The molecule has 0 atom stereocenters. The molecule has 17 heavy (non-hydrogen) atoms. The first kappa shape index (κ1) is 12.8. The van der Waals surface area contributed by atoms with E-state index in [1.807, 2.05) is 0 Å². The lowest BCUT2D eigenvalue weighted by atomic mass is 10.0. The van der Waals surface area contributed by atoms with Crippen molar-refractivity contribution in [1.29, 1.82) is 5.41 Å². The minimum Gasteiger partial charge on any atom is -0.388 e. The fourth-order valence-electron chi connectivity index (χ4n) is 2.59. The summed E-state index contributed by atoms with van der Waals surface area (Å²) in [5, 5.41) is 7.38. The van der Waals surface area contributed by atoms with Gasteiger partial charge in [0.1, 0.15) is 0 Å². The van der Waals surface area contributed by atoms with E-state index in [0.29, 0.717) is 18.7 Å².